The van der Waals surface area contributed by atoms with Gasteiger partial charge in [0.1, 0.15) is 0 Å². The summed E-state index contributed by atoms with van der Waals surface area (Å²) >= 11 is 0. The van der Waals surface area contributed by atoms with Gasteiger partial charge in [0.25, 0.3) is 5.89 Å². The number of hydrogen-bond donors (Lipinski definition) is 1. The van der Waals surface area contributed by atoms with Gasteiger partial charge in [0, 0.05) is 5.56 Å². The molecule has 0 fully saturated rings. The second-order valence-electron chi connectivity index (χ2n) is 3.65. The van der Waals surface area contributed by atoms with Crippen molar-refractivity contribution in [2.45, 2.75) is 13.5 Å². The quantitative estimate of drug-likeness (QED) is 0.880. The van der Waals surface area contributed by atoms with E-state index in [9.17, 15) is 4.39 Å². The maximum Gasteiger partial charge on any atom is 0.258 e. The fourth-order valence-corrected chi connectivity index (χ4v) is 1.47. The minimum absolute atomic E-state index is 0.152. The molecule has 0 unspecified atom stereocenters. The summed E-state index contributed by atoms with van der Waals surface area (Å²) in [7, 11) is 1.41. The van der Waals surface area contributed by atoms with E-state index in [0.29, 0.717) is 23.8 Å². The topological polar surface area (TPSA) is 60.2 Å². The molecule has 0 bridgehead atoms. The van der Waals surface area contributed by atoms with E-state index >= 15 is 0 Å². The van der Waals surface area contributed by atoms with Crippen molar-refractivity contribution in [1.82, 2.24) is 15.5 Å². The summed E-state index contributed by atoms with van der Waals surface area (Å²) in [6, 6.07) is 4.41. The molecule has 2 aromatic rings. The van der Waals surface area contributed by atoms with E-state index in [0.717, 1.165) is 6.54 Å². The van der Waals surface area contributed by atoms with Crippen LogP contribution in [0.1, 0.15) is 12.7 Å². The van der Waals surface area contributed by atoms with E-state index in [1.165, 1.54) is 19.2 Å². The monoisotopic (exact) mass is 251 g/mol. The summed E-state index contributed by atoms with van der Waals surface area (Å²) in [6.07, 6.45) is 0. The molecule has 0 spiro atoms. The van der Waals surface area contributed by atoms with Crippen LogP contribution in [0.25, 0.3) is 11.5 Å². The molecule has 1 N–H and O–H groups in total. The molecule has 0 aliphatic heterocycles. The van der Waals surface area contributed by atoms with E-state index in [2.05, 4.69) is 15.5 Å². The summed E-state index contributed by atoms with van der Waals surface area (Å²) in [5, 5.41) is 6.92. The van der Waals surface area contributed by atoms with Crippen molar-refractivity contribution >= 4 is 0 Å². The predicted molar refractivity (Wildman–Crippen MR) is 63.6 cm³/mol. The second-order valence-corrected chi connectivity index (χ2v) is 3.65. The number of aromatic nitrogens is 2. The minimum Gasteiger partial charge on any atom is -0.494 e. The molecule has 5 nitrogen and oxygen atoms in total. The van der Waals surface area contributed by atoms with Crippen molar-refractivity contribution in [3.05, 3.63) is 29.8 Å². The van der Waals surface area contributed by atoms with Crippen LogP contribution in [-0.2, 0) is 6.54 Å². The molecular weight excluding hydrogens is 237 g/mol. The molecule has 0 aliphatic rings. The minimum atomic E-state index is -0.423. The Balaban J connectivity index is 2.23. The first-order valence-electron chi connectivity index (χ1n) is 5.61. The highest BCUT2D eigenvalue weighted by atomic mass is 19.1. The van der Waals surface area contributed by atoms with E-state index in [1.807, 2.05) is 6.92 Å². The van der Waals surface area contributed by atoms with Gasteiger partial charge in [0.2, 0.25) is 0 Å². The zero-order valence-corrected chi connectivity index (χ0v) is 10.2. The molecule has 18 heavy (non-hydrogen) atoms. The first kappa shape index (κ1) is 12.5. The number of methoxy groups -OCH3 is 1. The van der Waals surface area contributed by atoms with Crippen LogP contribution in [0.5, 0.6) is 5.75 Å². The standard InChI is InChI=1S/C12H14FN3O2/c1-3-14-7-11-15-12(18-16-11)8-4-5-9(13)10(6-8)17-2/h4-6,14H,3,7H2,1-2H3. The third-order valence-corrected chi connectivity index (χ3v) is 2.40. The second kappa shape index (κ2) is 5.59. The van der Waals surface area contributed by atoms with Gasteiger partial charge in [0.15, 0.2) is 17.4 Å². The van der Waals surface area contributed by atoms with Gasteiger partial charge in [-0.25, -0.2) is 4.39 Å². The lowest BCUT2D eigenvalue weighted by Gasteiger charge is -2.02. The van der Waals surface area contributed by atoms with E-state index < -0.39 is 5.82 Å². The maximum atomic E-state index is 13.3. The lowest BCUT2D eigenvalue weighted by molar-refractivity contribution is 0.385. The Morgan fingerprint density at radius 2 is 2.28 bits per heavy atom. The summed E-state index contributed by atoms with van der Waals surface area (Å²) in [4.78, 5) is 4.20. The van der Waals surface area contributed by atoms with Crippen LogP contribution in [0.15, 0.2) is 22.7 Å². The molecule has 1 aromatic heterocycles. The van der Waals surface area contributed by atoms with Crippen LogP contribution < -0.4 is 10.1 Å². The average molecular weight is 251 g/mol. The van der Waals surface area contributed by atoms with Crippen molar-refractivity contribution < 1.29 is 13.7 Å². The number of rotatable bonds is 5. The van der Waals surface area contributed by atoms with E-state index in [-0.39, 0.29) is 5.75 Å². The van der Waals surface area contributed by atoms with Crippen molar-refractivity contribution in [1.29, 1.82) is 0 Å². The van der Waals surface area contributed by atoms with Gasteiger partial charge >= 0.3 is 0 Å². The first-order chi connectivity index (χ1) is 8.74. The summed E-state index contributed by atoms with van der Waals surface area (Å²) in [6.45, 7) is 3.36. The molecule has 1 heterocycles. The lowest BCUT2D eigenvalue weighted by Crippen LogP contribution is -2.12. The van der Waals surface area contributed by atoms with Crippen LogP contribution in [0.3, 0.4) is 0 Å². The summed E-state index contributed by atoms with van der Waals surface area (Å²) < 4.78 is 23.3. The van der Waals surface area contributed by atoms with Crippen molar-refractivity contribution in [2.75, 3.05) is 13.7 Å². The SMILES string of the molecule is CCNCc1noc(-c2ccc(F)c(OC)c2)n1. The number of ether oxygens (including phenoxy) is 1. The Morgan fingerprint density at radius 1 is 1.44 bits per heavy atom. The van der Waals surface area contributed by atoms with Crippen molar-refractivity contribution in [2.24, 2.45) is 0 Å². The molecule has 6 heteroatoms. The fraction of sp³-hybridized carbons (Fsp3) is 0.333. The fourth-order valence-electron chi connectivity index (χ4n) is 1.47. The van der Waals surface area contributed by atoms with Crippen molar-refractivity contribution in [3.8, 4) is 17.2 Å². The van der Waals surface area contributed by atoms with Crippen LogP contribution in [0, 0.1) is 5.82 Å². The number of nitrogens with one attached hydrogen (secondary N) is 1. The van der Waals surface area contributed by atoms with Gasteiger partial charge in [-0.15, -0.1) is 0 Å². The Hall–Kier alpha value is -1.95. The van der Waals surface area contributed by atoms with Crippen LogP contribution in [0.2, 0.25) is 0 Å². The largest absolute Gasteiger partial charge is 0.494 e. The van der Waals surface area contributed by atoms with Gasteiger partial charge < -0.3 is 14.6 Å². The molecule has 0 saturated carbocycles. The third kappa shape index (κ3) is 2.65. The molecule has 0 saturated heterocycles. The van der Waals surface area contributed by atoms with Gasteiger partial charge in [-0.1, -0.05) is 12.1 Å². The molecular formula is C12H14FN3O2. The van der Waals surface area contributed by atoms with Crippen LogP contribution in [0.4, 0.5) is 4.39 Å². The zero-order chi connectivity index (χ0) is 13.0. The molecule has 1 aromatic carbocycles. The Bertz CT molecular complexity index is 528. The smallest absolute Gasteiger partial charge is 0.258 e. The van der Waals surface area contributed by atoms with Gasteiger partial charge in [0.05, 0.1) is 13.7 Å². The molecule has 2 rings (SSSR count). The lowest BCUT2D eigenvalue weighted by atomic mass is 10.2. The van der Waals surface area contributed by atoms with E-state index in [1.54, 1.807) is 6.07 Å². The number of nitrogens with zero attached hydrogens (tertiary/aromatic N) is 2. The van der Waals surface area contributed by atoms with Crippen molar-refractivity contribution in [3.63, 3.8) is 0 Å². The highest BCUT2D eigenvalue weighted by Crippen LogP contribution is 2.25. The Kier molecular flexibility index (Phi) is 3.88. The molecule has 96 valence electrons. The third-order valence-electron chi connectivity index (χ3n) is 2.40. The van der Waals surface area contributed by atoms with Gasteiger partial charge in [-0.3, -0.25) is 0 Å². The molecule has 0 aliphatic carbocycles. The van der Waals surface area contributed by atoms with Gasteiger partial charge in [-0.05, 0) is 24.7 Å². The molecule has 0 radical (unpaired) electrons. The van der Waals surface area contributed by atoms with Gasteiger partial charge in [-0.2, -0.15) is 4.98 Å². The Morgan fingerprint density at radius 3 is 3.00 bits per heavy atom. The normalized spacial score (nSPS) is 10.6. The van der Waals surface area contributed by atoms with Crippen LogP contribution in [-0.4, -0.2) is 23.8 Å². The maximum absolute atomic E-state index is 13.3. The molecule has 0 amide bonds. The Labute approximate surface area is 104 Å². The predicted octanol–water partition coefficient (Wildman–Crippen LogP) is 1.99. The number of hydrogen-bond acceptors (Lipinski definition) is 5. The zero-order valence-electron chi connectivity index (χ0n) is 10.2. The molecule has 0 atom stereocenters. The highest BCUT2D eigenvalue weighted by molar-refractivity contribution is 5.55. The number of benzene rings is 1. The first-order valence-corrected chi connectivity index (χ1v) is 5.61. The van der Waals surface area contributed by atoms with Crippen LogP contribution >= 0.6 is 0 Å². The number of halogens is 1. The highest BCUT2D eigenvalue weighted by Gasteiger charge is 2.11. The average Bonchev–Trinajstić information content (AvgIpc) is 2.85. The van der Waals surface area contributed by atoms with E-state index in [4.69, 9.17) is 9.26 Å². The summed E-state index contributed by atoms with van der Waals surface area (Å²) in [5.41, 5.74) is 0.628. The summed E-state index contributed by atoms with van der Waals surface area (Å²) in [5.74, 6) is 0.643.